The molecule has 0 saturated carbocycles. The number of hydrogen-bond acceptors (Lipinski definition) is 2. The van der Waals surface area contributed by atoms with Crippen molar-refractivity contribution in [1.82, 2.24) is 10.2 Å². The Labute approximate surface area is 143 Å². The first kappa shape index (κ1) is 17.7. The average Bonchev–Trinajstić information content (AvgIpc) is 2.53. The van der Waals surface area contributed by atoms with Crippen LogP contribution in [-0.2, 0) is 22.7 Å². The first-order chi connectivity index (χ1) is 11.4. The number of amides is 2. The van der Waals surface area contributed by atoms with Gasteiger partial charge in [-0.1, -0.05) is 59.7 Å². The first-order valence-corrected chi connectivity index (χ1v) is 8.07. The molecule has 0 aliphatic carbocycles. The van der Waals surface area contributed by atoms with Crippen molar-refractivity contribution >= 4 is 11.8 Å². The number of hydrogen-bond donors (Lipinski definition) is 1. The van der Waals surface area contributed by atoms with Gasteiger partial charge in [0.2, 0.25) is 11.8 Å². The molecule has 2 aromatic carbocycles. The van der Waals surface area contributed by atoms with E-state index in [1.165, 1.54) is 12.5 Å². The quantitative estimate of drug-likeness (QED) is 0.888. The van der Waals surface area contributed by atoms with Gasteiger partial charge in [-0.25, -0.2) is 0 Å². The largest absolute Gasteiger partial charge is 0.350 e. The highest BCUT2D eigenvalue weighted by atomic mass is 16.2. The van der Waals surface area contributed by atoms with Crippen LogP contribution in [0.1, 0.15) is 29.2 Å². The third-order valence-corrected chi connectivity index (χ3v) is 3.85. The molecule has 0 unspecified atom stereocenters. The molecule has 24 heavy (non-hydrogen) atoms. The lowest BCUT2D eigenvalue weighted by Crippen LogP contribution is -2.39. The van der Waals surface area contributed by atoms with Crippen molar-refractivity contribution in [2.75, 3.05) is 6.54 Å². The van der Waals surface area contributed by atoms with E-state index in [0.717, 1.165) is 16.7 Å². The lowest BCUT2D eigenvalue weighted by Gasteiger charge is -2.21. The zero-order valence-corrected chi connectivity index (χ0v) is 14.5. The molecule has 0 heterocycles. The van der Waals surface area contributed by atoms with Crippen LogP contribution in [0.5, 0.6) is 0 Å². The summed E-state index contributed by atoms with van der Waals surface area (Å²) in [6.45, 7) is 6.50. The zero-order chi connectivity index (χ0) is 17.5. The SMILES string of the molecule is CC(=O)N(CC(=O)NCc1ccc(C)cc1)Cc1cccc(C)c1. The molecule has 126 valence electrons. The van der Waals surface area contributed by atoms with Crippen LogP contribution < -0.4 is 5.32 Å². The summed E-state index contributed by atoms with van der Waals surface area (Å²) in [5.41, 5.74) is 4.39. The minimum atomic E-state index is -0.154. The molecule has 0 saturated heterocycles. The van der Waals surface area contributed by atoms with E-state index in [2.05, 4.69) is 5.32 Å². The molecule has 2 aromatic rings. The average molecular weight is 324 g/mol. The second kappa shape index (κ2) is 8.29. The Morgan fingerprint density at radius 2 is 1.67 bits per heavy atom. The molecule has 0 fully saturated rings. The minimum absolute atomic E-state index is 0.0646. The standard InChI is InChI=1S/C20H24N2O2/c1-15-7-9-18(10-8-15)12-21-20(24)14-22(17(3)23)13-19-6-4-5-16(2)11-19/h4-11H,12-14H2,1-3H3,(H,21,24). The molecule has 0 aliphatic rings. The molecule has 0 aliphatic heterocycles. The molecule has 0 spiro atoms. The third kappa shape index (κ3) is 5.54. The summed E-state index contributed by atoms with van der Waals surface area (Å²) in [4.78, 5) is 25.5. The van der Waals surface area contributed by atoms with Crippen LogP contribution in [0, 0.1) is 13.8 Å². The van der Waals surface area contributed by atoms with Crippen LogP contribution in [0.25, 0.3) is 0 Å². The molecular formula is C20H24N2O2. The van der Waals surface area contributed by atoms with E-state index in [9.17, 15) is 9.59 Å². The number of nitrogens with zero attached hydrogens (tertiary/aromatic N) is 1. The summed E-state index contributed by atoms with van der Waals surface area (Å²) < 4.78 is 0. The number of benzene rings is 2. The van der Waals surface area contributed by atoms with Crippen molar-refractivity contribution in [3.63, 3.8) is 0 Å². The molecule has 0 atom stereocenters. The Balaban J connectivity index is 1.91. The molecule has 0 aromatic heterocycles. The van der Waals surface area contributed by atoms with E-state index in [-0.39, 0.29) is 18.4 Å². The fourth-order valence-electron chi connectivity index (χ4n) is 2.45. The van der Waals surface area contributed by atoms with Gasteiger partial charge in [0.05, 0.1) is 6.54 Å². The van der Waals surface area contributed by atoms with Gasteiger partial charge < -0.3 is 10.2 Å². The maximum absolute atomic E-state index is 12.2. The van der Waals surface area contributed by atoms with E-state index in [0.29, 0.717) is 13.1 Å². The lowest BCUT2D eigenvalue weighted by molar-refractivity contribution is -0.135. The van der Waals surface area contributed by atoms with Crippen molar-refractivity contribution in [1.29, 1.82) is 0 Å². The van der Waals surface area contributed by atoms with Crippen LogP contribution in [0.15, 0.2) is 48.5 Å². The van der Waals surface area contributed by atoms with Crippen LogP contribution in [-0.4, -0.2) is 23.3 Å². The summed E-state index contributed by atoms with van der Waals surface area (Å²) in [5, 5.41) is 2.87. The molecule has 2 rings (SSSR count). The predicted molar refractivity (Wildman–Crippen MR) is 95.3 cm³/mol. The smallest absolute Gasteiger partial charge is 0.239 e. The van der Waals surface area contributed by atoms with Crippen molar-refractivity contribution in [2.24, 2.45) is 0 Å². The van der Waals surface area contributed by atoms with Gasteiger partial charge in [-0.3, -0.25) is 9.59 Å². The van der Waals surface area contributed by atoms with E-state index < -0.39 is 0 Å². The fourth-order valence-corrected chi connectivity index (χ4v) is 2.45. The van der Waals surface area contributed by atoms with Crippen LogP contribution in [0.2, 0.25) is 0 Å². The van der Waals surface area contributed by atoms with Crippen LogP contribution in [0.3, 0.4) is 0 Å². The molecule has 4 heteroatoms. The van der Waals surface area contributed by atoms with E-state index in [1.54, 1.807) is 4.90 Å². The third-order valence-electron chi connectivity index (χ3n) is 3.85. The van der Waals surface area contributed by atoms with Gasteiger partial charge in [0.1, 0.15) is 0 Å². The summed E-state index contributed by atoms with van der Waals surface area (Å²) >= 11 is 0. The van der Waals surface area contributed by atoms with Gasteiger partial charge in [0.15, 0.2) is 0 Å². The van der Waals surface area contributed by atoms with Gasteiger partial charge >= 0.3 is 0 Å². The van der Waals surface area contributed by atoms with E-state index in [4.69, 9.17) is 0 Å². The summed E-state index contributed by atoms with van der Waals surface area (Å²) in [7, 11) is 0. The number of rotatable bonds is 6. The van der Waals surface area contributed by atoms with Crippen LogP contribution >= 0.6 is 0 Å². The van der Waals surface area contributed by atoms with E-state index in [1.807, 2.05) is 62.4 Å². The summed E-state index contributed by atoms with van der Waals surface area (Å²) in [6.07, 6.45) is 0. The number of aryl methyl sites for hydroxylation is 2. The normalized spacial score (nSPS) is 10.3. The number of carbonyl (C=O) groups is 2. The second-order valence-electron chi connectivity index (χ2n) is 6.13. The summed E-state index contributed by atoms with van der Waals surface area (Å²) in [6, 6.07) is 16.0. The predicted octanol–water partition coefficient (Wildman–Crippen LogP) is 2.97. The van der Waals surface area contributed by atoms with E-state index >= 15 is 0 Å². The van der Waals surface area contributed by atoms with Crippen molar-refractivity contribution in [2.45, 2.75) is 33.9 Å². The summed E-state index contributed by atoms with van der Waals surface area (Å²) in [5.74, 6) is -0.263. The Morgan fingerprint density at radius 3 is 2.29 bits per heavy atom. The highest BCUT2D eigenvalue weighted by molar-refractivity contribution is 5.83. The molecular weight excluding hydrogens is 300 g/mol. The Hall–Kier alpha value is -2.62. The van der Waals surface area contributed by atoms with Gasteiger partial charge in [0.25, 0.3) is 0 Å². The maximum Gasteiger partial charge on any atom is 0.239 e. The maximum atomic E-state index is 12.2. The van der Waals surface area contributed by atoms with Crippen molar-refractivity contribution in [3.05, 3.63) is 70.8 Å². The Morgan fingerprint density at radius 1 is 0.958 bits per heavy atom. The first-order valence-electron chi connectivity index (χ1n) is 8.07. The number of nitrogens with one attached hydrogen (secondary N) is 1. The molecule has 2 amide bonds. The molecule has 1 N–H and O–H groups in total. The number of carbonyl (C=O) groups excluding carboxylic acids is 2. The Bertz CT molecular complexity index is 708. The molecule has 4 nitrogen and oxygen atoms in total. The second-order valence-corrected chi connectivity index (χ2v) is 6.13. The van der Waals surface area contributed by atoms with Gasteiger partial charge in [-0.15, -0.1) is 0 Å². The van der Waals surface area contributed by atoms with Crippen molar-refractivity contribution in [3.8, 4) is 0 Å². The zero-order valence-electron chi connectivity index (χ0n) is 14.5. The Kier molecular flexibility index (Phi) is 6.13. The highest BCUT2D eigenvalue weighted by Gasteiger charge is 2.14. The topological polar surface area (TPSA) is 49.4 Å². The monoisotopic (exact) mass is 324 g/mol. The van der Waals surface area contributed by atoms with Gasteiger partial charge in [-0.05, 0) is 25.0 Å². The fraction of sp³-hybridized carbons (Fsp3) is 0.300. The minimum Gasteiger partial charge on any atom is -0.350 e. The van der Waals surface area contributed by atoms with Gasteiger partial charge in [0, 0.05) is 20.0 Å². The van der Waals surface area contributed by atoms with Gasteiger partial charge in [-0.2, -0.15) is 0 Å². The highest BCUT2D eigenvalue weighted by Crippen LogP contribution is 2.08. The van der Waals surface area contributed by atoms with Crippen LogP contribution in [0.4, 0.5) is 0 Å². The van der Waals surface area contributed by atoms with Crippen molar-refractivity contribution < 1.29 is 9.59 Å². The lowest BCUT2D eigenvalue weighted by atomic mass is 10.1. The molecule has 0 bridgehead atoms. The molecule has 0 radical (unpaired) electrons.